The van der Waals surface area contributed by atoms with E-state index < -0.39 is 5.97 Å². The van der Waals surface area contributed by atoms with Crippen LogP contribution in [-0.2, 0) is 4.74 Å². The van der Waals surface area contributed by atoms with Gasteiger partial charge in [-0.25, -0.2) is 4.79 Å². The second-order valence-electron chi connectivity index (χ2n) is 6.41. The number of piperidine rings is 1. The van der Waals surface area contributed by atoms with Crippen LogP contribution in [-0.4, -0.2) is 46.4 Å². The zero-order chi connectivity index (χ0) is 19.1. The number of thiazole rings is 1. The number of benzene rings is 1. The predicted octanol–water partition coefficient (Wildman–Crippen LogP) is 2.98. The van der Waals surface area contributed by atoms with Gasteiger partial charge in [-0.1, -0.05) is 11.3 Å². The molecule has 1 amide bonds. The van der Waals surface area contributed by atoms with E-state index in [2.05, 4.69) is 4.98 Å². The van der Waals surface area contributed by atoms with Crippen LogP contribution in [0, 0.1) is 3.95 Å². The Labute approximate surface area is 163 Å². The SMILES string of the molecule is COC(=O)c1ccc2c(=O)[nH]c3c(C(=O)N4CCCCC4)sc(=S)n3c2c1. The molecular weight excluding hydrogens is 386 g/mol. The minimum Gasteiger partial charge on any atom is -0.465 e. The number of methoxy groups -OCH3 is 1. The van der Waals surface area contributed by atoms with Gasteiger partial charge in [-0.05, 0) is 49.7 Å². The molecule has 7 nitrogen and oxygen atoms in total. The summed E-state index contributed by atoms with van der Waals surface area (Å²) in [6, 6.07) is 4.66. The number of nitrogens with zero attached hydrogens (tertiary/aromatic N) is 2. The number of H-pyrrole nitrogens is 1. The lowest BCUT2D eigenvalue weighted by molar-refractivity contribution is 0.0600. The second kappa shape index (κ2) is 6.90. The molecule has 0 radical (unpaired) electrons. The van der Waals surface area contributed by atoms with Crippen LogP contribution in [0.4, 0.5) is 0 Å². The predicted molar refractivity (Wildman–Crippen MR) is 105 cm³/mol. The van der Waals surface area contributed by atoms with Crippen molar-refractivity contribution in [3.05, 3.63) is 42.9 Å². The van der Waals surface area contributed by atoms with Crippen molar-refractivity contribution in [2.75, 3.05) is 20.2 Å². The summed E-state index contributed by atoms with van der Waals surface area (Å²) in [6.07, 6.45) is 3.07. The van der Waals surface area contributed by atoms with Crippen molar-refractivity contribution in [3.8, 4) is 0 Å². The maximum atomic E-state index is 13.0. The van der Waals surface area contributed by atoms with Crippen molar-refractivity contribution in [1.29, 1.82) is 0 Å². The number of aromatic amines is 1. The molecule has 140 valence electrons. The van der Waals surface area contributed by atoms with Crippen LogP contribution in [0.5, 0.6) is 0 Å². The molecule has 1 aliphatic heterocycles. The third kappa shape index (κ3) is 2.96. The molecule has 3 heterocycles. The van der Waals surface area contributed by atoms with Crippen LogP contribution in [0.3, 0.4) is 0 Å². The molecule has 9 heteroatoms. The monoisotopic (exact) mass is 403 g/mol. The lowest BCUT2D eigenvalue weighted by Crippen LogP contribution is -2.35. The third-order valence-electron chi connectivity index (χ3n) is 4.78. The molecule has 2 aromatic heterocycles. The van der Waals surface area contributed by atoms with E-state index in [4.69, 9.17) is 17.0 Å². The summed E-state index contributed by atoms with van der Waals surface area (Å²) in [5.74, 6) is -0.621. The van der Waals surface area contributed by atoms with E-state index >= 15 is 0 Å². The summed E-state index contributed by atoms with van der Waals surface area (Å²) >= 11 is 6.65. The number of hydrogen-bond donors (Lipinski definition) is 1. The van der Waals surface area contributed by atoms with E-state index in [1.165, 1.54) is 24.5 Å². The highest BCUT2D eigenvalue weighted by Crippen LogP contribution is 2.25. The number of amides is 1. The number of ether oxygens (including phenoxy) is 1. The molecule has 0 saturated carbocycles. The molecular formula is C18H17N3O4S2. The number of rotatable bonds is 2. The van der Waals surface area contributed by atoms with Crippen molar-refractivity contribution < 1.29 is 14.3 Å². The number of hydrogen-bond acceptors (Lipinski definition) is 6. The topological polar surface area (TPSA) is 83.9 Å². The Morgan fingerprint density at radius 3 is 2.67 bits per heavy atom. The molecule has 3 aromatic rings. The molecule has 4 rings (SSSR count). The fourth-order valence-electron chi connectivity index (χ4n) is 3.42. The smallest absolute Gasteiger partial charge is 0.337 e. The van der Waals surface area contributed by atoms with E-state index in [9.17, 15) is 14.4 Å². The first-order valence-electron chi connectivity index (χ1n) is 8.60. The Kier molecular flexibility index (Phi) is 4.56. The standard InChI is InChI=1S/C18H17N3O4S2/c1-25-17(24)10-5-6-11-12(9-10)21-14(19-15(11)22)13(27-18(21)26)16(23)20-7-3-2-4-8-20/h5-6,9H,2-4,7-8H2,1H3,(H,19,22). The van der Waals surface area contributed by atoms with Crippen molar-refractivity contribution in [2.45, 2.75) is 19.3 Å². The van der Waals surface area contributed by atoms with Gasteiger partial charge in [0.1, 0.15) is 10.5 Å². The van der Waals surface area contributed by atoms with Gasteiger partial charge in [0, 0.05) is 13.1 Å². The van der Waals surface area contributed by atoms with Gasteiger partial charge in [0.2, 0.25) is 0 Å². The maximum Gasteiger partial charge on any atom is 0.337 e. The molecule has 27 heavy (non-hydrogen) atoms. The minimum absolute atomic E-state index is 0.118. The van der Waals surface area contributed by atoms with Crippen molar-refractivity contribution in [2.24, 2.45) is 0 Å². The molecule has 0 atom stereocenters. The van der Waals surface area contributed by atoms with E-state index in [1.54, 1.807) is 21.4 Å². The van der Waals surface area contributed by atoms with Crippen LogP contribution in [0.25, 0.3) is 16.6 Å². The van der Waals surface area contributed by atoms with Crippen molar-refractivity contribution in [1.82, 2.24) is 14.3 Å². The maximum absolute atomic E-state index is 13.0. The first-order valence-corrected chi connectivity index (χ1v) is 9.83. The van der Waals surface area contributed by atoms with Crippen LogP contribution in [0.1, 0.15) is 39.3 Å². The largest absolute Gasteiger partial charge is 0.465 e. The van der Waals surface area contributed by atoms with Gasteiger partial charge in [0.05, 0.1) is 23.6 Å². The molecule has 1 fully saturated rings. The molecule has 0 aliphatic carbocycles. The van der Waals surface area contributed by atoms with E-state index in [0.29, 0.717) is 44.0 Å². The highest BCUT2D eigenvalue weighted by Gasteiger charge is 2.24. The Morgan fingerprint density at radius 1 is 1.22 bits per heavy atom. The zero-order valence-electron chi connectivity index (χ0n) is 14.6. The van der Waals surface area contributed by atoms with Gasteiger partial charge >= 0.3 is 5.97 Å². The van der Waals surface area contributed by atoms with E-state index in [0.717, 1.165) is 19.3 Å². The summed E-state index contributed by atoms with van der Waals surface area (Å²) in [5.41, 5.74) is 0.839. The quantitative estimate of drug-likeness (QED) is 0.525. The summed E-state index contributed by atoms with van der Waals surface area (Å²) in [6.45, 7) is 1.42. The Bertz CT molecular complexity index is 1180. The number of carbonyl (C=O) groups is 2. The number of nitrogens with one attached hydrogen (secondary N) is 1. The molecule has 1 N–H and O–H groups in total. The van der Waals surface area contributed by atoms with Gasteiger partial charge in [0.15, 0.2) is 3.95 Å². The lowest BCUT2D eigenvalue weighted by atomic mass is 10.1. The van der Waals surface area contributed by atoms with Crippen LogP contribution in [0.15, 0.2) is 23.0 Å². The molecule has 0 spiro atoms. The van der Waals surface area contributed by atoms with Crippen molar-refractivity contribution in [3.63, 3.8) is 0 Å². The van der Waals surface area contributed by atoms with Crippen molar-refractivity contribution >= 4 is 52.0 Å². The number of likely N-dealkylation sites (tertiary alicyclic amines) is 1. The third-order valence-corrected chi connectivity index (χ3v) is 6.15. The molecule has 0 bridgehead atoms. The normalized spacial score (nSPS) is 14.6. The van der Waals surface area contributed by atoms with Crippen LogP contribution < -0.4 is 5.56 Å². The van der Waals surface area contributed by atoms with Crippen LogP contribution in [0.2, 0.25) is 0 Å². The number of carbonyl (C=O) groups excluding carboxylic acids is 2. The van der Waals surface area contributed by atoms with Crippen LogP contribution >= 0.6 is 23.6 Å². The Hall–Kier alpha value is -2.52. The second-order valence-corrected chi connectivity index (χ2v) is 8.06. The van der Waals surface area contributed by atoms with Gasteiger partial charge in [0.25, 0.3) is 11.5 Å². The van der Waals surface area contributed by atoms with Gasteiger partial charge in [-0.3, -0.25) is 14.0 Å². The Balaban J connectivity index is 1.96. The molecule has 1 aliphatic rings. The minimum atomic E-state index is -0.503. The molecule has 1 aromatic carbocycles. The number of aromatic nitrogens is 2. The van der Waals surface area contributed by atoms with Gasteiger partial charge in [-0.2, -0.15) is 0 Å². The van der Waals surface area contributed by atoms with E-state index in [-0.39, 0.29) is 11.5 Å². The fraction of sp³-hybridized carbons (Fsp3) is 0.333. The van der Waals surface area contributed by atoms with E-state index in [1.807, 2.05) is 0 Å². The van der Waals surface area contributed by atoms with Gasteiger partial charge in [-0.15, -0.1) is 0 Å². The first-order chi connectivity index (χ1) is 13.0. The summed E-state index contributed by atoms with van der Waals surface area (Å²) in [5, 5.41) is 0.390. The first kappa shape index (κ1) is 17.9. The highest BCUT2D eigenvalue weighted by atomic mass is 32.1. The van der Waals surface area contributed by atoms with Gasteiger partial charge < -0.3 is 14.6 Å². The summed E-state index contributed by atoms with van der Waals surface area (Å²) in [4.78, 5) is 42.4. The number of fused-ring (bicyclic) bond motifs is 3. The average molecular weight is 403 g/mol. The zero-order valence-corrected chi connectivity index (χ0v) is 16.2. The molecule has 1 saturated heterocycles. The average Bonchev–Trinajstić information content (AvgIpc) is 3.03. The summed E-state index contributed by atoms with van der Waals surface area (Å²) < 4.78 is 6.85. The highest BCUT2D eigenvalue weighted by molar-refractivity contribution is 7.73. The Morgan fingerprint density at radius 2 is 1.96 bits per heavy atom. The summed E-state index contributed by atoms with van der Waals surface area (Å²) in [7, 11) is 1.30. The fourth-order valence-corrected chi connectivity index (χ4v) is 4.77. The number of esters is 1. The molecule has 0 unspecified atom stereocenters. The lowest BCUT2D eigenvalue weighted by Gasteiger charge is -2.26.